The number of nitrogens with zero attached hydrogens (tertiary/aromatic N) is 3. The summed E-state index contributed by atoms with van der Waals surface area (Å²) in [5, 5.41) is 8.68. The lowest BCUT2D eigenvalue weighted by Crippen LogP contribution is -2.39. The fraction of sp³-hybridized carbons (Fsp3) is 0.389. The van der Waals surface area contributed by atoms with Crippen LogP contribution < -0.4 is 4.90 Å². The summed E-state index contributed by atoms with van der Waals surface area (Å²) >= 11 is 0. The molecule has 0 aliphatic carbocycles. The van der Waals surface area contributed by atoms with E-state index in [1.807, 2.05) is 24.3 Å². The topological polar surface area (TPSA) is 55.3 Å². The molecule has 1 saturated heterocycles. The maximum absolute atomic E-state index is 11.7. The largest absolute Gasteiger partial charge is 0.469 e. The molecule has 1 fully saturated rings. The standard InChI is InChI=1S/C18H21N3O2/c1-13-5-7-14(8-6-13)16-9-10-17(20-19-16)21-11-3-4-15(12-21)18(22)23-2/h5-10,15H,3-4,11-12H2,1-2H3. The van der Waals surface area contributed by atoms with Crippen LogP contribution in [0.5, 0.6) is 0 Å². The fourth-order valence-electron chi connectivity index (χ4n) is 2.92. The second kappa shape index (κ2) is 6.77. The van der Waals surface area contributed by atoms with E-state index in [1.54, 1.807) is 0 Å². The molecule has 1 aliphatic heterocycles. The number of ether oxygens (including phenoxy) is 1. The van der Waals surface area contributed by atoms with Gasteiger partial charge in [0.1, 0.15) is 0 Å². The van der Waals surface area contributed by atoms with Gasteiger partial charge in [0, 0.05) is 18.7 Å². The van der Waals surface area contributed by atoms with Gasteiger partial charge in [0.2, 0.25) is 0 Å². The van der Waals surface area contributed by atoms with Crippen LogP contribution in [0.3, 0.4) is 0 Å². The summed E-state index contributed by atoms with van der Waals surface area (Å²) in [5.74, 6) is 0.598. The van der Waals surface area contributed by atoms with Gasteiger partial charge in [-0.15, -0.1) is 10.2 Å². The number of benzene rings is 1. The molecule has 3 rings (SSSR count). The summed E-state index contributed by atoms with van der Waals surface area (Å²) < 4.78 is 4.86. The number of esters is 1. The molecule has 120 valence electrons. The van der Waals surface area contributed by atoms with Crippen LogP contribution in [0.4, 0.5) is 5.82 Å². The van der Waals surface area contributed by atoms with Crippen LogP contribution in [-0.2, 0) is 9.53 Å². The second-order valence-electron chi connectivity index (χ2n) is 5.95. The van der Waals surface area contributed by atoms with Gasteiger partial charge in [-0.05, 0) is 31.9 Å². The Labute approximate surface area is 136 Å². The van der Waals surface area contributed by atoms with Gasteiger partial charge in [0.05, 0.1) is 18.7 Å². The normalized spacial score (nSPS) is 17.8. The van der Waals surface area contributed by atoms with E-state index in [0.717, 1.165) is 36.5 Å². The Morgan fingerprint density at radius 1 is 1.17 bits per heavy atom. The van der Waals surface area contributed by atoms with Gasteiger partial charge in [-0.25, -0.2) is 0 Å². The number of hydrogen-bond donors (Lipinski definition) is 0. The molecule has 1 aromatic heterocycles. The SMILES string of the molecule is COC(=O)C1CCCN(c2ccc(-c3ccc(C)cc3)nn2)C1. The third-order valence-electron chi connectivity index (χ3n) is 4.28. The minimum Gasteiger partial charge on any atom is -0.469 e. The number of anilines is 1. The zero-order valence-electron chi connectivity index (χ0n) is 13.5. The number of piperidine rings is 1. The molecule has 0 amide bonds. The predicted molar refractivity (Wildman–Crippen MR) is 89.2 cm³/mol. The quantitative estimate of drug-likeness (QED) is 0.816. The highest BCUT2D eigenvalue weighted by Crippen LogP contribution is 2.24. The fourth-order valence-corrected chi connectivity index (χ4v) is 2.92. The first-order chi connectivity index (χ1) is 11.2. The molecule has 0 N–H and O–H groups in total. The lowest BCUT2D eigenvalue weighted by Gasteiger charge is -2.31. The summed E-state index contributed by atoms with van der Waals surface area (Å²) in [6, 6.07) is 12.2. The Balaban J connectivity index is 1.74. The second-order valence-corrected chi connectivity index (χ2v) is 5.95. The molecule has 0 saturated carbocycles. The van der Waals surface area contributed by atoms with E-state index < -0.39 is 0 Å². The van der Waals surface area contributed by atoms with Crippen molar-refractivity contribution in [2.45, 2.75) is 19.8 Å². The first kappa shape index (κ1) is 15.5. The summed E-state index contributed by atoms with van der Waals surface area (Å²) in [6.07, 6.45) is 1.83. The molecule has 2 aromatic rings. The van der Waals surface area contributed by atoms with Crippen molar-refractivity contribution in [3.63, 3.8) is 0 Å². The number of carbonyl (C=O) groups is 1. The smallest absolute Gasteiger partial charge is 0.310 e. The number of aromatic nitrogens is 2. The molecular weight excluding hydrogens is 290 g/mol. The summed E-state index contributed by atoms with van der Waals surface area (Å²) in [5.41, 5.74) is 3.14. The van der Waals surface area contributed by atoms with E-state index in [9.17, 15) is 4.79 Å². The van der Waals surface area contributed by atoms with Gasteiger partial charge in [0.25, 0.3) is 0 Å². The van der Waals surface area contributed by atoms with Crippen molar-refractivity contribution in [3.05, 3.63) is 42.0 Å². The Hall–Kier alpha value is -2.43. The minimum atomic E-state index is -0.140. The van der Waals surface area contributed by atoms with Crippen molar-refractivity contribution in [1.29, 1.82) is 0 Å². The Morgan fingerprint density at radius 2 is 1.96 bits per heavy atom. The number of carbonyl (C=O) groups excluding carboxylic acids is 1. The van der Waals surface area contributed by atoms with Crippen LogP contribution in [0, 0.1) is 12.8 Å². The summed E-state index contributed by atoms with van der Waals surface area (Å²) in [7, 11) is 1.44. The van der Waals surface area contributed by atoms with Crippen LogP contribution >= 0.6 is 0 Å². The van der Waals surface area contributed by atoms with Crippen LogP contribution in [0.1, 0.15) is 18.4 Å². The lowest BCUT2D eigenvalue weighted by molar-refractivity contribution is -0.145. The van der Waals surface area contributed by atoms with Gasteiger partial charge in [-0.1, -0.05) is 29.8 Å². The number of hydrogen-bond acceptors (Lipinski definition) is 5. The number of methoxy groups -OCH3 is 1. The van der Waals surface area contributed by atoms with E-state index in [4.69, 9.17) is 4.74 Å². The highest BCUT2D eigenvalue weighted by molar-refractivity contribution is 5.73. The van der Waals surface area contributed by atoms with E-state index >= 15 is 0 Å². The van der Waals surface area contributed by atoms with Crippen molar-refractivity contribution in [3.8, 4) is 11.3 Å². The third kappa shape index (κ3) is 3.50. The van der Waals surface area contributed by atoms with Gasteiger partial charge >= 0.3 is 5.97 Å². The monoisotopic (exact) mass is 311 g/mol. The van der Waals surface area contributed by atoms with E-state index in [2.05, 4.69) is 34.2 Å². The molecule has 2 heterocycles. The molecule has 0 spiro atoms. The Kier molecular flexibility index (Phi) is 4.55. The molecule has 23 heavy (non-hydrogen) atoms. The van der Waals surface area contributed by atoms with Crippen molar-refractivity contribution >= 4 is 11.8 Å². The number of rotatable bonds is 3. The van der Waals surface area contributed by atoms with Gasteiger partial charge < -0.3 is 9.64 Å². The number of aryl methyl sites for hydroxylation is 1. The maximum Gasteiger partial charge on any atom is 0.310 e. The lowest BCUT2D eigenvalue weighted by atomic mass is 9.98. The molecule has 5 heteroatoms. The molecule has 5 nitrogen and oxygen atoms in total. The molecule has 1 atom stereocenters. The molecule has 1 aliphatic rings. The van der Waals surface area contributed by atoms with E-state index in [1.165, 1.54) is 12.7 Å². The van der Waals surface area contributed by atoms with Crippen molar-refractivity contribution in [1.82, 2.24) is 10.2 Å². The van der Waals surface area contributed by atoms with E-state index in [0.29, 0.717) is 6.54 Å². The van der Waals surface area contributed by atoms with E-state index in [-0.39, 0.29) is 11.9 Å². The summed E-state index contributed by atoms with van der Waals surface area (Å²) in [4.78, 5) is 13.8. The van der Waals surface area contributed by atoms with Crippen molar-refractivity contribution in [2.24, 2.45) is 5.92 Å². The zero-order chi connectivity index (χ0) is 16.2. The highest BCUT2D eigenvalue weighted by Gasteiger charge is 2.27. The predicted octanol–water partition coefficient (Wildman–Crippen LogP) is 2.84. The Bertz CT molecular complexity index is 668. The van der Waals surface area contributed by atoms with Gasteiger partial charge in [-0.2, -0.15) is 0 Å². The van der Waals surface area contributed by atoms with Gasteiger partial charge in [0.15, 0.2) is 5.82 Å². The molecule has 1 aromatic carbocycles. The molecule has 0 radical (unpaired) electrons. The molecule has 0 bridgehead atoms. The Morgan fingerprint density at radius 3 is 2.61 bits per heavy atom. The first-order valence-corrected chi connectivity index (χ1v) is 7.91. The van der Waals surface area contributed by atoms with Crippen LogP contribution in [0.2, 0.25) is 0 Å². The minimum absolute atomic E-state index is 0.0766. The maximum atomic E-state index is 11.7. The van der Waals surface area contributed by atoms with Crippen LogP contribution in [0.15, 0.2) is 36.4 Å². The summed E-state index contributed by atoms with van der Waals surface area (Å²) in [6.45, 7) is 3.60. The van der Waals surface area contributed by atoms with Crippen molar-refractivity contribution < 1.29 is 9.53 Å². The first-order valence-electron chi connectivity index (χ1n) is 7.91. The highest BCUT2D eigenvalue weighted by atomic mass is 16.5. The van der Waals surface area contributed by atoms with Crippen molar-refractivity contribution in [2.75, 3.05) is 25.1 Å². The zero-order valence-corrected chi connectivity index (χ0v) is 13.5. The molecular formula is C18H21N3O2. The average molecular weight is 311 g/mol. The van der Waals surface area contributed by atoms with Crippen LogP contribution in [-0.4, -0.2) is 36.4 Å². The average Bonchev–Trinajstić information content (AvgIpc) is 2.62. The van der Waals surface area contributed by atoms with Gasteiger partial charge in [-0.3, -0.25) is 4.79 Å². The van der Waals surface area contributed by atoms with Crippen LogP contribution in [0.25, 0.3) is 11.3 Å². The molecule has 1 unspecified atom stereocenters. The third-order valence-corrected chi connectivity index (χ3v) is 4.28.